The zero-order valence-electron chi connectivity index (χ0n) is 22.7. The van der Waals surface area contributed by atoms with Crippen molar-refractivity contribution in [1.82, 2.24) is 5.16 Å². The number of hydrogen-bond acceptors (Lipinski definition) is 6. The summed E-state index contributed by atoms with van der Waals surface area (Å²) in [5.41, 5.74) is 2.80. The molecule has 0 spiro atoms. The number of carboxylic acid groups (broad SMARTS) is 1. The van der Waals surface area contributed by atoms with Crippen molar-refractivity contribution in [3.05, 3.63) is 63.3 Å². The molecule has 0 saturated heterocycles. The molecule has 0 radical (unpaired) electrons. The van der Waals surface area contributed by atoms with Crippen LogP contribution in [0.2, 0.25) is 10.0 Å². The largest absolute Gasteiger partial charge is 0.492 e. The number of carbonyl (C=O) groups is 2. The predicted molar refractivity (Wildman–Crippen MR) is 155 cm³/mol. The fraction of sp³-hybridized carbons (Fsp3) is 0.452. The third-order valence-electron chi connectivity index (χ3n) is 8.51. The summed E-state index contributed by atoms with van der Waals surface area (Å²) >= 11 is 13.0. The first kappa shape index (κ1) is 28.1. The topological polar surface area (TPSA) is 111 Å². The van der Waals surface area contributed by atoms with E-state index >= 15 is 0 Å². The third kappa shape index (κ3) is 5.83. The fourth-order valence-electron chi connectivity index (χ4n) is 6.46. The molecule has 4 unspecified atom stereocenters. The van der Waals surface area contributed by atoms with Crippen molar-refractivity contribution in [3.63, 3.8) is 0 Å². The van der Waals surface area contributed by atoms with Crippen LogP contribution in [-0.2, 0) is 16.1 Å². The SMILES string of the molecule is CCOc1cc(C(=O)O)ccc1NC(=O)C1CC2CC(OCc3c(-c4c(Cl)cccc4Cl)noc3C3CC3)CC1C2. The van der Waals surface area contributed by atoms with Crippen LogP contribution < -0.4 is 10.1 Å². The molecular weight excluding hydrogens is 567 g/mol. The second-order valence-electron chi connectivity index (χ2n) is 11.3. The number of anilines is 1. The highest BCUT2D eigenvalue weighted by atomic mass is 35.5. The minimum atomic E-state index is -1.04. The molecule has 3 aliphatic carbocycles. The zero-order chi connectivity index (χ0) is 28.7. The lowest BCUT2D eigenvalue weighted by Gasteiger charge is -2.29. The van der Waals surface area contributed by atoms with E-state index in [0.29, 0.717) is 57.8 Å². The van der Waals surface area contributed by atoms with E-state index in [1.165, 1.54) is 12.1 Å². The van der Waals surface area contributed by atoms with E-state index in [1.54, 1.807) is 24.3 Å². The van der Waals surface area contributed by atoms with Crippen LogP contribution in [0.25, 0.3) is 11.3 Å². The number of nitrogens with zero attached hydrogens (tertiary/aromatic N) is 1. The van der Waals surface area contributed by atoms with Crippen molar-refractivity contribution in [2.75, 3.05) is 11.9 Å². The van der Waals surface area contributed by atoms with Crippen LogP contribution in [-0.4, -0.2) is 34.9 Å². The van der Waals surface area contributed by atoms with Crippen LogP contribution in [0.5, 0.6) is 5.75 Å². The maximum Gasteiger partial charge on any atom is 0.335 e. The van der Waals surface area contributed by atoms with E-state index in [2.05, 4.69) is 10.5 Å². The van der Waals surface area contributed by atoms with Gasteiger partial charge in [0.1, 0.15) is 17.2 Å². The van der Waals surface area contributed by atoms with Crippen LogP contribution in [0.4, 0.5) is 5.69 Å². The van der Waals surface area contributed by atoms with E-state index in [1.807, 2.05) is 6.92 Å². The van der Waals surface area contributed by atoms with Crippen LogP contribution in [0.1, 0.15) is 73.0 Å². The molecule has 2 N–H and O–H groups in total. The highest BCUT2D eigenvalue weighted by Crippen LogP contribution is 2.49. The van der Waals surface area contributed by atoms with E-state index in [0.717, 1.165) is 49.8 Å². The molecule has 3 aromatic rings. The Hall–Kier alpha value is -3.07. The Bertz CT molecular complexity index is 1450. The van der Waals surface area contributed by atoms with Crippen LogP contribution in [0, 0.1) is 17.8 Å². The minimum Gasteiger partial charge on any atom is -0.492 e. The molecule has 0 aliphatic heterocycles. The van der Waals surface area contributed by atoms with Crippen molar-refractivity contribution in [1.29, 1.82) is 0 Å². The standard InChI is InChI=1S/C31H32Cl2N2O6/c1-2-39-26-14-18(31(37)38)8-9-25(26)34-30(36)21-12-16-10-19(21)13-20(11-16)40-15-22-28(35-41-29(22)17-6-7-17)27-23(32)4-3-5-24(27)33/h3-5,8-9,14,16-17,19-21H,2,6-7,10-13,15H2,1H3,(H,34,36)(H,37,38). The van der Waals surface area contributed by atoms with Gasteiger partial charge in [0.05, 0.1) is 40.6 Å². The van der Waals surface area contributed by atoms with E-state index < -0.39 is 5.97 Å². The number of hydrogen-bond donors (Lipinski definition) is 2. The van der Waals surface area contributed by atoms with Gasteiger partial charge in [-0.3, -0.25) is 4.79 Å². The summed E-state index contributed by atoms with van der Waals surface area (Å²) in [6, 6.07) is 9.91. The first-order chi connectivity index (χ1) is 19.8. The monoisotopic (exact) mass is 598 g/mol. The molecule has 216 valence electrons. The molecule has 6 rings (SSSR count). The number of ether oxygens (including phenoxy) is 2. The first-order valence-corrected chi connectivity index (χ1v) is 14.9. The maximum absolute atomic E-state index is 13.4. The summed E-state index contributed by atoms with van der Waals surface area (Å²) < 4.78 is 17.9. The summed E-state index contributed by atoms with van der Waals surface area (Å²) in [6.45, 7) is 2.53. The van der Waals surface area contributed by atoms with Crippen molar-refractivity contribution in [3.8, 4) is 17.0 Å². The Morgan fingerprint density at radius 3 is 2.59 bits per heavy atom. The molecular formula is C31H32Cl2N2O6. The van der Waals surface area contributed by atoms with Crippen LogP contribution >= 0.6 is 23.2 Å². The van der Waals surface area contributed by atoms with Crippen molar-refractivity contribution in [2.24, 2.45) is 17.8 Å². The molecule has 3 fully saturated rings. The summed E-state index contributed by atoms with van der Waals surface area (Å²) in [5.74, 6) is 0.914. The summed E-state index contributed by atoms with van der Waals surface area (Å²) in [6.07, 6.45) is 5.62. The van der Waals surface area contributed by atoms with Gasteiger partial charge in [0.25, 0.3) is 0 Å². The minimum absolute atomic E-state index is 0.0157. The predicted octanol–water partition coefficient (Wildman–Crippen LogP) is 7.58. The Balaban J connectivity index is 1.14. The second-order valence-corrected chi connectivity index (χ2v) is 12.1. The second kappa shape index (κ2) is 11.7. The summed E-state index contributed by atoms with van der Waals surface area (Å²) in [5, 5.41) is 17.7. The van der Waals surface area contributed by atoms with Gasteiger partial charge in [0, 0.05) is 23.0 Å². The molecule has 2 bridgehead atoms. The lowest BCUT2D eigenvalue weighted by Crippen LogP contribution is -2.29. The highest BCUT2D eigenvalue weighted by molar-refractivity contribution is 6.39. The smallest absolute Gasteiger partial charge is 0.335 e. The molecule has 1 heterocycles. The number of aromatic carboxylic acids is 1. The molecule has 2 aromatic carbocycles. The van der Waals surface area contributed by atoms with E-state index in [4.69, 9.17) is 37.2 Å². The Kier molecular flexibility index (Phi) is 7.99. The van der Waals surface area contributed by atoms with Crippen LogP contribution in [0.3, 0.4) is 0 Å². The molecule has 3 aliphatic rings. The van der Waals surface area contributed by atoms with Crippen molar-refractivity contribution in [2.45, 2.75) is 64.1 Å². The molecule has 4 atom stereocenters. The average Bonchev–Trinajstić information content (AvgIpc) is 3.63. The number of benzene rings is 2. The fourth-order valence-corrected chi connectivity index (χ4v) is 7.04. The van der Waals surface area contributed by atoms with Crippen molar-refractivity contribution < 1.29 is 28.7 Å². The lowest BCUT2D eigenvalue weighted by molar-refractivity contribution is -0.121. The van der Waals surface area contributed by atoms with Crippen molar-refractivity contribution >= 4 is 40.8 Å². The van der Waals surface area contributed by atoms with Gasteiger partial charge in [0.15, 0.2) is 0 Å². The van der Waals surface area contributed by atoms with E-state index in [-0.39, 0.29) is 29.4 Å². The Labute approximate surface area is 248 Å². The van der Waals surface area contributed by atoms with Gasteiger partial charge in [-0.15, -0.1) is 0 Å². The van der Waals surface area contributed by atoms with Gasteiger partial charge in [-0.25, -0.2) is 4.79 Å². The van der Waals surface area contributed by atoms with Gasteiger partial charge in [-0.05, 0) is 87.6 Å². The number of fused-ring (bicyclic) bond motifs is 2. The number of nitrogens with one attached hydrogen (secondary N) is 1. The number of carboxylic acids is 1. The van der Waals surface area contributed by atoms with E-state index in [9.17, 15) is 14.7 Å². The van der Waals surface area contributed by atoms with Crippen LogP contribution in [0.15, 0.2) is 40.9 Å². The summed E-state index contributed by atoms with van der Waals surface area (Å²) in [4.78, 5) is 24.8. The Morgan fingerprint density at radius 1 is 1.10 bits per heavy atom. The third-order valence-corrected chi connectivity index (χ3v) is 9.14. The number of carbonyl (C=O) groups excluding carboxylic acids is 1. The molecule has 41 heavy (non-hydrogen) atoms. The quantitative estimate of drug-likeness (QED) is 0.247. The van der Waals surface area contributed by atoms with Gasteiger partial charge in [-0.2, -0.15) is 0 Å². The van der Waals surface area contributed by atoms with Gasteiger partial charge < -0.3 is 24.4 Å². The summed E-state index contributed by atoms with van der Waals surface area (Å²) in [7, 11) is 0. The number of halogens is 2. The lowest BCUT2D eigenvalue weighted by atomic mass is 9.85. The maximum atomic E-state index is 13.4. The molecule has 1 aromatic heterocycles. The molecule has 8 nitrogen and oxygen atoms in total. The highest BCUT2D eigenvalue weighted by Gasteiger charge is 2.45. The Morgan fingerprint density at radius 2 is 1.88 bits per heavy atom. The normalized spacial score (nSPS) is 23.4. The number of rotatable bonds is 10. The molecule has 3 saturated carbocycles. The van der Waals surface area contributed by atoms with Gasteiger partial charge in [0.2, 0.25) is 5.91 Å². The average molecular weight is 600 g/mol. The molecule has 10 heteroatoms. The van der Waals surface area contributed by atoms with Gasteiger partial charge >= 0.3 is 5.97 Å². The van der Waals surface area contributed by atoms with Gasteiger partial charge in [-0.1, -0.05) is 34.4 Å². The number of aromatic nitrogens is 1. The molecule has 1 amide bonds. The first-order valence-electron chi connectivity index (χ1n) is 14.2. The number of amides is 1. The zero-order valence-corrected chi connectivity index (χ0v) is 24.2.